The first-order valence-corrected chi connectivity index (χ1v) is 12.2. The van der Waals surface area contributed by atoms with Crippen molar-refractivity contribution in [2.45, 2.75) is 0 Å². The van der Waals surface area contributed by atoms with Gasteiger partial charge in [-0.1, -0.05) is 12.6 Å². The van der Waals surface area contributed by atoms with Crippen molar-refractivity contribution in [3.8, 4) is 5.69 Å². The molecule has 0 bridgehead atoms. The number of carbonyl (C=O) groups is 1. The van der Waals surface area contributed by atoms with Gasteiger partial charge in [0.1, 0.15) is 5.82 Å². The van der Waals surface area contributed by atoms with Gasteiger partial charge in [0, 0.05) is 56.1 Å². The van der Waals surface area contributed by atoms with Gasteiger partial charge in [0.05, 0.1) is 35.4 Å². The van der Waals surface area contributed by atoms with Crippen LogP contribution in [-0.2, 0) is 4.79 Å². The first-order valence-electron chi connectivity index (χ1n) is 12.2. The summed E-state index contributed by atoms with van der Waals surface area (Å²) in [6.45, 7) is 6.53. The Morgan fingerprint density at radius 3 is 2.66 bits per heavy atom. The molecule has 1 amide bonds. The largest absolute Gasteiger partial charge is 0.395 e. The number of hydrogen-bond acceptors (Lipinski definition) is 7. The van der Waals surface area contributed by atoms with Crippen LogP contribution in [0, 0.1) is 11.6 Å². The quantitative estimate of drug-likeness (QED) is 0.306. The average molecular weight is 520 g/mol. The van der Waals surface area contributed by atoms with E-state index in [2.05, 4.69) is 32.2 Å². The van der Waals surface area contributed by atoms with Gasteiger partial charge in [-0.15, -0.1) is 0 Å². The van der Waals surface area contributed by atoms with E-state index in [0.717, 1.165) is 5.39 Å². The summed E-state index contributed by atoms with van der Waals surface area (Å²) in [5.74, 6) is -1.91. The lowest BCUT2D eigenvalue weighted by Crippen LogP contribution is -2.47. The van der Waals surface area contributed by atoms with E-state index in [1.54, 1.807) is 47.4 Å². The highest BCUT2D eigenvalue weighted by atomic mass is 19.2. The van der Waals surface area contributed by atoms with Gasteiger partial charge in [-0.25, -0.2) is 18.4 Å². The molecule has 0 aliphatic carbocycles. The van der Waals surface area contributed by atoms with Crippen molar-refractivity contribution in [2.24, 2.45) is 0 Å². The minimum atomic E-state index is -0.985. The van der Waals surface area contributed by atoms with Crippen LogP contribution in [0.25, 0.3) is 16.6 Å². The summed E-state index contributed by atoms with van der Waals surface area (Å²) in [6.07, 6.45) is 4.43. The topological polar surface area (TPSA) is 98.5 Å². The lowest BCUT2D eigenvalue weighted by atomic mass is 10.2. The maximum Gasteiger partial charge on any atom is 0.247 e. The molecule has 0 radical (unpaired) electrons. The number of nitrogens with one attached hydrogen (secondary N) is 2. The number of β-amino-alcohol motifs (C(OH)–C–C–N with tert-alkyl or cyclic N) is 1. The van der Waals surface area contributed by atoms with Crippen LogP contribution in [0.15, 0.2) is 67.5 Å². The summed E-state index contributed by atoms with van der Waals surface area (Å²) < 4.78 is 31.8. The van der Waals surface area contributed by atoms with Crippen LogP contribution in [-0.4, -0.2) is 70.0 Å². The minimum absolute atomic E-state index is 0.0304. The molecular weight excluding hydrogens is 492 g/mol. The summed E-state index contributed by atoms with van der Waals surface area (Å²) in [5, 5.41) is 19.9. The van der Waals surface area contributed by atoms with Crippen molar-refractivity contribution in [3.05, 3.63) is 79.1 Å². The molecule has 4 aromatic rings. The number of hydrogen-bond donors (Lipinski definition) is 3. The molecule has 5 rings (SSSR count). The molecule has 1 aliphatic heterocycles. The molecule has 3 heterocycles. The molecule has 0 saturated carbocycles. The standard InChI is InChI=1S/C27H27F2N7O2/c1-2-25(38)32-19-4-3-5-20(14-19)36-23-15-24(30-16-18(23)17-31-36)33-21-6-7-22(27(29)26(21)28)35-10-8-34(9-11-35)12-13-37/h2-7,14-17,37H,1,8-13H2,(H,30,33)(H,32,38). The van der Waals surface area contributed by atoms with Gasteiger partial charge in [-0.3, -0.25) is 9.69 Å². The fraction of sp³-hybridized carbons (Fsp3) is 0.222. The van der Waals surface area contributed by atoms with Gasteiger partial charge < -0.3 is 20.6 Å². The number of aromatic nitrogens is 3. The third-order valence-electron chi connectivity index (χ3n) is 6.45. The van der Waals surface area contributed by atoms with Gasteiger partial charge in [0.2, 0.25) is 5.91 Å². The SMILES string of the molecule is C=CC(=O)Nc1cccc(-n2ncc3cnc(Nc4ccc(N5CCN(CCO)CC5)c(F)c4F)cc32)c1. The van der Waals surface area contributed by atoms with Gasteiger partial charge in [0.25, 0.3) is 0 Å². The van der Waals surface area contributed by atoms with Crippen molar-refractivity contribution in [1.29, 1.82) is 0 Å². The highest BCUT2D eigenvalue weighted by molar-refractivity contribution is 5.99. The van der Waals surface area contributed by atoms with E-state index in [-0.39, 0.29) is 23.9 Å². The van der Waals surface area contributed by atoms with E-state index in [4.69, 9.17) is 5.11 Å². The maximum absolute atomic E-state index is 15.1. The number of pyridine rings is 1. The van der Waals surface area contributed by atoms with Crippen molar-refractivity contribution in [3.63, 3.8) is 0 Å². The summed E-state index contributed by atoms with van der Waals surface area (Å²) in [7, 11) is 0. The van der Waals surface area contributed by atoms with Crippen LogP contribution in [0.2, 0.25) is 0 Å². The number of benzene rings is 2. The number of fused-ring (bicyclic) bond motifs is 1. The molecule has 196 valence electrons. The highest BCUT2D eigenvalue weighted by Crippen LogP contribution is 2.30. The monoisotopic (exact) mass is 519 g/mol. The fourth-order valence-electron chi connectivity index (χ4n) is 4.47. The van der Waals surface area contributed by atoms with E-state index in [9.17, 15) is 4.79 Å². The van der Waals surface area contributed by atoms with Crippen molar-refractivity contribution < 1.29 is 18.7 Å². The van der Waals surface area contributed by atoms with Gasteiger partial charge in [-0.05, 0) is 36.4 Å². The molecule has 1 saturated heterocycles. The van der Waals surface area contributed by atoms with Crippen molar-refractivity contribution >= 4 is 39.7 Å². The number of anilines is 4. The Hall–Kier alpha value is -4.35. The smallest absolute Gasteiger partial charge is 0.247 e. The third kappa shape index (κ3) is 5.20. The number of aliphatic hydroxyl groups excluding tert-OH is 1. The number of nitrogens with zero attached hydrogens (tertiary/aromatic N) is 5. The molecule has 38 heavy (non-hydrogen) atoms. The van der Waals surface area contributed by atoms with E-state index in [1.807, 2.05) is 11.0 Å². The van der Waals surface area contributed by atoms with Gasteiger partial charge in [-0.2, -0.15) is 5.10 Å². The minimum Gasteiger partial charge on any atom is -0.395 e. The van der Waals surface area contributed by atoms with Crippen LogP contribution < -0.4 is 15.5 Å². The van der Waals surface area contributed by atoms with Crippen LogP contribution in [0.4, 0.5) is 31.7 Å². The molecule has 9 nitrogen and oxygen atoms in total. The van der Waals surface area contributed by atoms with Crippen LogP contribution in [0.5, 0.6) is 0 Å². The zero-order valence-electron chi connectivity index (χ0n) is 20.6. The van der Waals surface area contributed by atoms with Gasteiger partial charge in [0.15, 0.2) is 11.6 Å². The normalized spacial score (nSPS) is 14.0. The predicted molar refractivity (Wildman–Crippen MR) is 143 cm³/mol. The Morgan fingerprint density at radius 2 is 1.89 bits per heavy atom. The first-order chi connectivity index (χ1) is 18.5. The fourth-order valence-corrected chi connectivity index (χ4v) is 4.47. The number of amides is 1. The van der Waals surface area contributed by atoms with Crippen LogP contribution in [0.3, 0.4) is 0 Å². The second-order valence-electron chi connectivity index (χ2n) is 8.87. The predicted octanol–water partition coefficient (Wildman–Crippen LogP) is 3.68. The van der Waals surface area contributed by atoms with E-state index in [1.165, 1.54) is 12.1 Å². The number of rotatable bonds is 8. The molecule has 0 spiro atoms. The first kappa shape index (κ1) is 25.3. The molecule has 3 N–H and O–H groups in total. The van der Waals surface area contributed by atoms with E-state index in [0.29, 0.717) is 55.4 Å². The van der Waals surface area contributed by atoms with E-state index >= 15 is 8.78 Å². The Morgan fingerprint density at radius 1 is 1.08 bits per heavy atom. The second-order valence-corrected chi connectivity index (χ2v) is 8.87. The number of halogens is 2. The molecule has 2 aromatic carbocycles. The zero-order chi connectivity index (χ0) is 26.6. The van der Waals surface area contributed by atoms with Crippen LogP contribution >= 0.6 is 0 Å². The Kier molecular flexibility index (Phi) is 7.29. The maximum atomic E-state index is 15.1. The number of carbonyl (C=O) groups excluding carboxylic acids is 1. The summed E-state index contributed by atoms with van der Waals surface area (Å²) in [6, 6.07) is 11.9. The average Bonchev–Trinajstić information content (AvgIpc) is 3.36. The van der Waals surface area contributed by atoms with Crippen molar-refractivity contribution in [2.75, 3.05) is 54.9 Å². The number of aliphatic hydroxyl groups is 1. The highest BCUT2D eigenvalue weighted by Gasteiger charge is 2.22. The summed E-state index contributed by atoms with van der Waals surface area (Å²) >= 11 is 0. The second kappa shape index (κ2) is 11.0. The van der Waals surface area contributed by atoms with Crippen LogP contribution in [0.1, 0.15) is 0 Å². The molecular formula is C27H27F2N7O2. The van der Waals surface area contributed by atoms with Crippen molar-refractivity contribution in [1.82, 2.24) is 19.7 Å². The van der Waals surface area contributed by atoms with E-state index < -0.39 is 11.6 Å². The summed E-state index contributed by atoms with van der Waals surface area (Å²) in [5.41, 5.74) is 2.14. The molecule has 2 aromatic heterocycles. The molecule has 1 fully saturated rings. The lowest BCUT2D eigenvalue weighted by molar-refractivity contribution is -0.111. The number of piperazine rings is 1. The molecule has 1 aliphatic rings. The molecule has 0 unspecified atom stereocenters. The molecule has 11 heteroatoms. The zero-order valence-corrected chi connectivity index (χ0v) is 20.6. The Bertz CT molecular complexity index is 1480. The molecule has 0 atom stereocenters. The Balaban J connectivity index is 1.37. The lowest BCUT2D eigenvalue weighted by Gasteiger charge is -2.36. The Labute approximate surface area is 218 Å². The van der Waals surface area contributed by atoms with Gasteiger partial charge >= 0.3 is 0 Å². The summed E-state index contributed by atoms with van der Waals surface area (Å²) in [4.78, 5) is 19.9. The third-order valence-corrected chi connectivity index (χ3v) is 6.45.